The summed E-state index contributed by atoms with van der Waals surface area (Å²) in [4.78, 5) is 1.72. The van der Waals surface area contributed by atoms with E-state index >= 15 is 0 Å². The summed E-state index contributed by atoms with van der Waals surface area (Å²) in [6, 6.07) is 6.83. The van der Waals surface area contributed by atoms with Gasteiger partial charge in [0.15, 0.2) is 0 Å². The second-order valence-electron chi connectivity index (χ2n) is 3.38. The number of hydrogen-bond acceptors (Lipinski definition) is 3. The third-order valence-electron chi connectivity index (χ3n) is 2.29. The summed E-state index contributed by atoms with van der Waals surface area (Å²) in [6.07, 6.45) is 0. The zero-order chi connectivity index (χ0) is 12.1. The minimum atomic E-state index is -0.502. The molecular formula is C11H12Cl2N2O. The minimum absolute atomic E-state index is 0.00708. The monoisotopic (exact) mass is 258 g/mol. The molecule has 0 aromatic heterocycles. The Morgan fingerprint density at radius 3 is 2.75 bits per heavy atom. The summed E-state index contributed by atoms with van der Waals surface area (Å²) in [5.41, 5.74) is 0.660. The van der Waals surface area contributed by atoms with E-state index in [1.165, 1.54) is 0 Å². The fourth-order valence-corrected chi connectivity index (χ4v) is 1.84. The van der Waals surface area contributed by atoms with Crippen LogP contribution in [0, 0.1) is 11.3 Å². The highest BCUT2D eigenvalue weighted by atomic mass is 35.5. The van der Waals surface area contributed by atoms with E-state index in [0.29, 0.717) is 22.2 Å². The van der Waals surface area contributed by atoms with E-state index in [4.69, 9.17) is 33.6 Å². The predicted octanol–water partition coefficient (Wildman–Crippen LogP) is 2.48. The van der Waals surface area contributed by atoms with Crippen molar-refractivity contribution in [3.05, 3.63) is 33.8 Å². The molecule has 1 aromatic carbocycles. The number of nitriles is 1. The maximum atomic E-state index is 9.12. The number of likely N-dealkylation sites (N-methyl/N-ethyl adjacent to an activating group) is 1. The van der Waals surface area contributed by atoms with Gasteiger partial charge in [0.05, 0.1) is 22.7 Å². The number of aliphatic hydroxyl groups excluding tert-OH is 1. The van der Waals surface area contributed by atoms with Crippen molar-refractivity contribution in [3.8, 4) is 6.07 Å². The topological polar surface area (TPSA) is 47.3 Å². The number of hydrogen-bond donors (Lipinski definition) is 1. The van der Waals surface area contributed by atoms with Crippen LogP contribution in [0.4, 0.5) is 0 Å². The number of aliphatic hydroxyl groups is 1. The molecule has 0 radical (unpaired) electrons. The number of halogens is 2. The molecule has 5 heteroatoms. The average molecular weight is 259 g/mol. The SMILES string of the molecule is CN(CCO)C(C#N)c1cccc(Cl)c1Cl. The molecule has 86 valence electrons. The van der Waals surface area contributed by atoms with E-state index in [-0.39, 0.29) is 6.61 Å². The Hall–Kier alpha value is -0.790. The Balaban J connectivity index is 3.05. The van der Waals surface area contributed by atoms with Crippen molar-refractivity contribution in [3.63, 3.8) is 0 Å². The van der Waals surface area contributed by atoms with Gasteiger partial charge in [0.25, 0.3) is 0 Å². The van der Waals surface area contributed by atoms with Crippen molar-refractivity contribution in [2.75, 3.05) is 20.2 Å². The van der Waals surface area contributed by atoms with Crippen LogP contribution in [0.2, 0.25) is 10.0 Å². The van der Waals surface area contributed by atoms with Crippen molar-refractivity contribution in [2.24, 2.45) is 0 Å². The zero-order valence-corrected chi connectivity index (χ0v) is 10.3. The first kappa shape index (κ1) is 13.3. The minimum Gasteiger partial charge on any atom is -0.395 e. The Morgan fingerprint density at radius 1 is 1.50 bits per heavy atom. The molecule has 0 fully saturated rings. The zero-order valence-electron chi connectivity index (χ0n) is 8.82. The quantitative estimate of drug-likeness (QED) is 0.903. The molecule has 16 heavy (non-hydrogen) atoms. The second kappa shape index (κ2) is 6.07. The van der Waals surface area contributed by atoms with E-state index in [0.717, 1.165) is 0 Å². The maximum Gasteiger partial charge on any atom is 0.125 e. The first-order valence-corrected chi connectivity index (χ1v) is 5.52. The normalized spacial score (nSPS) is 12.5. The van der Waals surface area contributed by atoms with Gasteiger partial charge in [-0.3, -0.25) is 4.90 Å². The molecule has 1 aromatic rings. The van der Waals surface area contributed by atoms with Crippen LogP contribution in [0.15, 0.2) is 18.2 Å². The molecular weight excluding hydrogens is 247 g/mol. The predicted molar refractivity (Wildman–Crippen MR) is 64.5 cm³/mol. The van der Waals surface area contributed by atoms with E-state index in [1.54, 1.807) is 30.1 Å². The molecule has 0 aliphatic rings. The van der Waals surface area contributed by atoms with Gasteiger partial charge >= 0.3 is 0 Å². The van der Waals surface area contributed by atoms with Crippen LogP contribution < -0.4 is 0 Å². The van der Waals surface area contributed by atoms with Gasteiger partial charge in [0, 0.05) is 12.1 Å². The van der Waals surface area contributed by atoms with E-state index in [9.17, 15) is 0 Å². The van der Waals surface area contributed by atoms with Gasteiger partial charge in [-0.15, -0.1) is 0 Å². The molecule has 0 heterocycles. The standard InChI is InChI=1S/C11H12Cl2N2O/c1-15(5-6-16)10(7-14)8-3-2-4-9(12)11(8)13/h2-4,10,16H,5-6H2,1H3. The Labute approximate surface area is 105 Å². The second-order valence-corrected chi connectivity index (χ2v) is 4.16. The third-order valence-corrected chi connectivity index (χ3v) is 3.13. The van der Waals surface area contributed by atoms with Crippen molar-refractivity contribution in [1.29, 1.82) is 5.26 Å². The Kier molecular flexibility index (Phi) is 5.04. The lowest BCUT2D eigenvalue weighted by molar-refractivity contribution is 0.203. The molecule has 1 atom stereocenters. The van der Waals surface area contributed by atoms with Crippen LogP contribution in [0.1, 0.15) is 11.6 Å². The molecule has 3 nitrogen and oxygen atoms in total. The fraction of sp³-hybridized carbons (Fsp3) is 0.364. The Morgan fingerprint density at radius 2 is 2.19 bits per heavy atom. The first-order valence-electron chi connectivity index (χ1n) is 4.76. The average Bonchev–Trinajstić information content (AvgIpc) is 2.25. The largest absolute Gasteiger partial charge is 0.395 e. The molecule has 0 spiro atoms. The van der Waals surface area contributed by atoms with Crippen LogP contribution >= 0.6 is 23.2 Å². The van der Waals surface area contributed by atoms with Crippen molar-refractivity contribution >= 4 is 23.2 Å². The van der Waals surface area contributed by atoms with Crippen LogP contribution in [-0.4, -0.2) is 30.2 Å². The van der Waals surface area contributed by atoms with Crippen LogP contribution in [-0.2, 0) is 0 Å². The summed E-state index contributed by atoms with van der Waals surface area (Å²) in [5, 5.41) is 18.8. The fourth-order valence-electron chi connectivity index (χ4n) is 1.42. The van der Waals surface area contributed by atoms with Crippen molar-refractivity contribution in [2.45, 2.75) is 6.04 Å². The third kappa shape index (κ3) is 2.87. The molecule has 0 saturated carbocycles. The van der Waals surface area contributed by atoms with E-state index in [1.807, 2.05) is 0 Å². The summed E-state index contributed by atoms with van der Waals surface area (Å²) in [5.74, 6) is 0. The van der Waals surface area contributed by atoms with Gasteiger partial charge in [-0.05, 0) is 13.1 Å². The van der Waals surface area contributed by atoms with Crippen LogP contribution in [0.5, 0.6) is 0 Å². The number of benzene rings is 1. The molecule has 0 bridgehead atoms. The molecule has 0 amide bonds. The maximum absolute atomic E-state index is 9.12. The smallest absolute Gasteiger partial charge is 0.125 e. The molecule has 1 unspecified atom stereocenters. The summed E-state index contributed by atoms with van der Waals surface area (Å²) >= 11 is 11.9. The number of rotatable bonds is 4. The number of nitrogens with zero attached hydrogens (tertiary/aromatic N) is 2. The van der Waals surface area contributed by atoms with Gasteiger partial charge < -0.3 is 5.11 Å². The van der Waals surface area contributed by atoms with Gasteiger partial charge in [-0.2, -0.15) is 5.26 Å². The van der Waals surface area contributed by atoms with Crippen LogP contribution in [0.25, 0.3) is 0 Å². The lowest BCUT2D eigenvalue weighted by atomic mass is 10.1. The molecule has 1 N–H and O–H groups in total. The lowest BCUT2D eigenvalue weighted by Crippen LogP contribution is -2.26. The highest BCUT2D eigenvalue weighted by Crippen LogP contribution is 2.31. The summed E-state index contributed by atoms with van der Waals surface area (Å²) in [7, 11) is 1.75. The van der Waals surface area contributed by atoms with Gasteiger partial charge in [0.2, 0.25) is 0 Å². The van der Waals surface area contributed by atoms with Gasteiger partial charge in [-0.25, -0.2) is 0 Å². The first-order chi connectivity index (χ1) is 7.61. The van der Waals surface area contributed by atoms with Crippen molar-refractivity contribution in [1.82, 2.24) is 4.90 Å². The molecule has 0 aliphatic carbocycles. The molecule has 1 rings (SSSR count). The summed E-state index contributed by atoms with van der Waals surface area (Å²) in [6.45, 7) is 0.397. The van der Waals surface area contributed by atoms with Gasteiger partial charge in [0.1, 0.15) is 6.04 Å². The highest BCUT2D eigenvalue weighted by Gasteiger charge is 2.19. The Bertz CT molecular complexity index is 403. The van der Waals surface area contributed by atoms with Crippen LogP contribution in [0.3, 0.4) is 0 Å². The van der Waals surface area contributed by atoms with E-state index < -0.39 is 6.04 Å². The van der Waals surface area contributed by atoms with Crippen molar-refractivity contribution < 1.29 is 5.11 Å². The van der Waals surface area contributed by atoms with Gasteiger partial charge in [-0.1, -0.05) is 35.3 Å². The summed E-state index contributed by atoms with van der Waals surface area (Å²) < 4.78 is 0. The lowest BCUT2D eigenvalue weighted by Gasteiger charge is -2.22. The molecule has 0 aliphatic heterocycles. The highest BCUT2D eigenvalue weighted by molar-refractivity contribution is 6.42. The molecule has 0 saturated heterocycles. The van der Waals surface area contributed by atoms with E-state index in [2.05, 4.69) is 6.07 Å².